The topological polar surface area (TPSA) is 16.4 Å². The number of nitrogens with zero attached hydrogens (tertiary/aromatic N) is 1. The third kappa shape index (κ3) is 5.62. The van der Waals surface area contributed by atoms with Gasteiger partial charge >= 0.3 is 0 Å². The van der Waals surface area contributed by atoms with Gasteiger partial charge in [0.15, 0.2) is 0 Å². The van der Waals surface area contributed by atoms with Gasteiger partial charge in [-0.15, -0.1) is 0 Å². The molecule has 1 aromatic heterocycles. The Bertz CT molecular complexity index is 2900. The van der Waals surface area contributed by atoms with E-state index in [1.54, 1.807) is 0 Å². The van der Waals surface area contributed by atoms with Crippen molar-refractivity contribution in [2.24, 2.45) is 0 Å². The lowest BCUT2D eigenvalue weighted by atomic mass is 9.93. The number of anilines is 3. The first-order chi connectivity index (χ1) is 26.8. The minimum atomic E-state index is 0.880. The lowest BCUT2D eigenvalue weighted by Crippen LogP contribution is -2.11. The number of furan rings is 1. The Labute approximate surface area is 314 Å². The molecule has 2 nitrogen and oxygen atoms in total. The number of rotatable bonds is 7. The molecule has 0 spiro atoms. The Morgan fingerprint density at radius 3 is 1.57 bits per heavy atom. The Balaban J connectivity index is 1.21. The second kappa shape index (κ2) is 13.4. The zero-order chi connectivity index (χ0) is 35.8. The second-order valence-corrected chi connectivity index (χ2v) is 13.7. The first-order valence-electron chi connectivity index (χ1n) is 18.4. The molecule has 2 heteroatoms. The molecule has 0 atom stereocenters. The predicted molar refractivity (Wildman–Crippen MR) is 228 cm³/mol. The Hall–Kier alpha value is -7.16. The van der Waals surface area contributed by atoms with Crippen LogP contribution in [0.15, 0.2) is 217 Å². The standard InChI is InChI=1S/C52H35NO/c1-3-13-36(14-4-1)38-25-30-42(31-26-38)53(43-32-27-40(28-33-43)45-21-11-18-39-17-7-8-19-44(39)45)49-35-41(37-15-5-2-6-16-37)29-34-46(49)47-22-12-24-51-52(47)48-20-9-10-23-50(48)54-51/h1-35H. The summed E-state index contributed by atoms with van der Waals surface area (Å²) in [6.45, 7) is 0. The van der Waals surface area contributed by atoms with Crippen molar-refractivity contribution in [3.05, 3.63) is 212 Å². The third-order valence-corrected chi connectivity index (χ3v) is 10.5. The van der Waals surface area contributed by atoms with Crippen LogP contribution in [0.25, 0.3) is 77.2 Å². The molecule has 0 aliphatic heterocycles. The summed E-state index contributed by atoms with van der Waals surface area (Å²) in [4.78, 5) is 2.41. The van der Waals surface area contributed by atoms with E-state index in [0.717, 1.165) is 55.7 Å². The molecule has 0 amide bonds. The van der Waals surface area contributed by atoms with E-state index in [9.17, 15) is 0 Å². The van der Waals surface area contributed by atoms with Gasteiger partial charge in [-0.1, -0.05) is 170 Å². The van der Waals surface area contributed by atoms with Crippen molar-refractivity contribution in [2.75, 3.05) is 4.90 Å². The SMILES string of the molecule is c1ccc(-c2ccc(N(c3ccc(-c4cccc5ccccc45)cc3)c3cc(-c4ccccc4)ccc3-c3cccc4oc5ccccc5c34)cc2)cc1. The highest BCUT2D eigenvalue weighted by Crippen LogP contribution is 2.47. The number of fused-ring (bicyclic) bond motifs is 4. The summed E-state index contributed by atoms with van der Waals surface area (Å²) < 4.78 is 6.40. The molecule has 0 aliphatic carbocycles. The maximum atomic E-state index is 6.40. The summed E-state index contributed by atoms with van der Waals surface area (Å²) in [5.41, 5.74) is 14.3. The molecule has 0 saturated carbocycles. The summed E-state index contributed by atoms with van der Waals surface area (Å²) >= 11 is 0. The fraction of sp³-hybridized carbons (Fsp3) is 0. The summed E-state index contributed by atoms with van der Waals surface area (Å²) in [6.07, 6.45) is 0. The molecule has 0 N–H and O–H groups in total. The molecule has 0 aliphatic rings. The van der Waals surface area contributed by atoms with E-state index < -0.39 is 0 Å². The monoisotopic (exact) mass is 689 g/mol. The third-order valence-electron chi connectivity index (χ3n) is 10.5. The van der Waals surface area contributed by atoms with Crippen LogP contribution in [-0.2, 0) is 0 Å². The van der Waals surface area contributed by atoms with Crippen molar-refractivity contribution in [2.45, 2.75) is 0 Å². The minimum Gasteiger partial charge on any atom is -0.456 e. The molecule has 1 heterocycles. The highest BCUT2D eigenvalue weighted by atomic mass is 16.3. The first kappa shape index (κ1) is 31.6. The van der Waals surface area contributed by atoms with Crippen LogP contribution in [0.2, 0.25) is 0 Å². The van der Waals surface area contributed by atoms with Gasteiger partial charge in [-0.3, -0.25) is 0 Å². The fourth-order valence-corrected chi connectivity index (χ4v) is 7.88. The number of benzene rings is 9. The minimum absolute atomic E-state index is 0.880. The molecular weight excluding hydrogens is 655 g/mol. The maximum absolute atomic E-state index is 6.40. The molecule has 10 rings (SSSR count). The molecule has 0 radical (unpaired) electrons. The highest BCUT2D eigenvalue weighted by molar-refractivity contribution is 6.14. The van der Waals surface area contributed by atoms with E-state index in [0.29, 0.717) is 0 Å². The Morgan fingerprint density at radius 1 is 0.315 bits per heavy atom. The van der Waals surface area contributed by atoms with Crippen molar-refractivity contribution in [1.29, 1.82) is 0 Å². The number of hydrogen-bond donors (Lipinski definition) is 0. The summed E-state index contributed by atoms with van der Waals surface area (Å²) in [5.74, 6) is 0. The maximum Gasteiger partial charge on any atom is 0.136 e. The molecule has 0 fully saturated rings. The van der Waals surface area contributed by atoms with E-state index >= 15 is 0 Å². The molecule has 0 bridgehead atoms. The van der Waals surface area contributed by atoms with Gasteiger partial charge in [-0.2, -0.15) is 0 Å². The fourth-order valence-electron chi connectivity index (χ4n) is 7.88. The average molecular weight is 690 g/mol. The lowest BCUT2D eigenvalue weighted by molar-refractivity contribution is 0.669. The van der Waals surface area contributed by atoms with E-state index in [-0.39, 0.29) is 0 Å². The molecule has 0 unspecified atom stereocenters. The largest absolute Gasteiger partial charge is 0.456 e. The highest BCUT2D eigenvalue weighted by Gasteiger charge is 2.22. The van der Waals surface area contributed by atoms with Crippen molar-refractivity contribution >= 4 is 49.8 Å². The molecule has 54 heavy (non-hydrogen) atoms. The molecule has 0 saturated heterocycles. The van der Waals surface area contributed by atoms with Crippen LogP contribution in [0.3, 0.4) is 0 Å². The summed E-state index contributed by atoms with van der Waals surface area (Å²) in [5, 5.41) is 4.72. The van der Waals surface area contributed by atoms with Crippen molar-refractivity contribution < 1.29 is 4.42 Å². The second-order valence-electron chi connectivity index (χ2n) is 13.7. The number of hydrogen-bond acceptors (Lipinski definition) is 2. The van der Waals surface area contributed by atoms with Gasteiger partial charge in [0.1, 0.15) is 11.2 Å². The first-order valence-corrected chi connectivity index (χ1v) is 18.4. The molecule has 254 valence electrons. The molecule has 9 aromatic carbocycles. The van der Waals surface area contributed by atoms with Crippen molar-refractivity contribution in [3.63, 3.8) is 0 Å². The quantitative estimate of drug-likeness (QED) is 0.166. The van der Waals surface area contributed by atoms with Crippen LogP contribution in [0, 0.1) is 0 Å². The average Bonchev–Trinajstić information content (AvgIpc) is 3.64. The lowest BCUT2D eigenvalue weighted by Gasteiger charge is -2.29. The van der Waals surface area contributed by atoms with Crippen LogP contribution in [0.1, 0.15) is 0 Å². The van der Waals surface area contributed by atoms with Crippen LogP contribution in [0.4, 0.5) is 17.1 Å². The van der Waals surface area contributed by atoms with Crippen LogP contribution >= 0.6 is 0 Å². The van der Waals surface area contributed by atoms with E-state index in [4.69, 9.17) is 4.42 Å². The van der Waals surface area contributed by atoms with Gasteiger partial charge in [0.05, 0.1) is 5.69 Å². The van der Waals surface area contributed by atoms with Gasteiger partial charge in [-0.05, 0) is 92.2 Å². The van der Waals surface area contributed by atoms with Crippen molar-refractivity contribution in [3.8, 4) is 44.5 Å². The van der Waals surface area contributed by atoms with Crippen LogP contribution < -0.4 is 4.90 Å². The Morgan fingerprint density at radius 2 is 0.833 bits per heavy atom. The Kier molecular flexibility index (Phi) is 7.85. The van der Waals surface area contributed by atoms with Gasteiger partial charge in [0.25, 0.3) is 0 Å². The van der Waals surface area contributed by atoms with Gasteiger partial charge in [0, 0.05) is 27.7 Å². The summed E-state index contributed by atoms with van der Waals surface area (Å²) in [7, 11) is 0. The number of para-hydroxylation sites is 1. The van der Waals surface area contributed by atoms with Gasteiger partial charge < -0.3 is 9.32 Å². The zero-order valence-corrected chi connectivity index (χ0v) is 29.6. The van der Waals surface area contributed by atoms with Crippen LogP contribution in [-0.4, -0.2) is 0 Å². The zero-order valence-electron chi connectivity index (χ0n) is 29.6. The molecular formula is C52H35NO. The summed E-state index contributed by atoms with van der Waals surface area (Å²) in [6, 6.07) is 76.0. The van der Waals surface area contributed by atoms with E-state index in [2.05, 4.69) is 211 Å². The predicted octanol–water partition coefficient (Wildman–Crippen LogP) is 14.9. The normalized spacial score (nSPS) is 11.3. The van der Waals surface area contributed by atoms with E-state index in [1.165, 1.54) is 38.6 Å². The van der Waals surface area contributed by atoms with Gasteiger partial charge in [-0.25, -0.2) is 0 Å². The molecule has 10 aromatic rings. The van der Waals surface area contributed by atoms with Gasteiger partial charge in [0.2, 0.25) is 0 Å². The van der Waals surface area contributed by atoms with Crippen molar-refractivity contribution in [1.82, 2.24) is 0 Å². The smallest absolute Gasteiger partial charge is 0.136 e. The van der Waals surface area contributed by atoms with Crippen LogP contribution in [0.5, 0.6) is 0 Å². The van der Waals surface area contributed by atoms with E-state index in [1.807, 2.05) is 6.07 Å².